The third kappa shape index (κ3) is 1.97. The summed E-state index contributed by atoms with van der Waals surface area (Å²) in [4.78, 5) is 11.5. The predicted molar refractivity (Wildman–Crippen MR) is 79.5 cm³/mol. The Balaban J connectivity index is 2.18. The lowest BCUT2D eigenvalue weighted by atomic mass is 9.84. The van der Waals surface area contributed by atoms with E-state index in [4.69, 9.17) is 0 Å². The van der Waals surface area contributed by atoms with Gasteiger partial charge in [0.15, 0.2) is 0 Å². The fourth-order valence-corrected chi connectivity index (χ4v) is 2.63. The maximum atomic E-state index is 11.5. The molecule has 0 saturated heterocycles. The van der Waals surface area contributed by atoms with Crippen LogP contribution in [0.5, 0.6) is 0 Å². The molecule has 0 aromatic heterocycles. The topological polar surface area (TPSA) is 49.3 Å². The Kier molecular flexibility index (Phi) is 2.83. The highest BCUT2D eigenvalue weighted by Gasteiger charge is 2.32. The number of rotatable bonds is 2. The van der Waals surface area contributed by atoms with E-state index in [1.165, 1.54) is 0 Å². The van der Waals surface area contributed by atoms with Gasteiger partial charge >= 0.3 is 5.97 Å². The average molecular weight is 265 g/mol. The van der Waals surface area contributed by atoms with Crippen molar-refractivity contribution in [1.29, 1.82) is 0 Å². The Bertz CT molecular complexity index is 691. The van der Waals surface area contributed by atoms with Crippen LogP contribution in [-0.4, -0.2) is 11.1 Å². The van der Waals surface area contributed by atoms with Crippen LogP contribution in [0.2, 0.25) is 0 Å². The van der Waals surface area contributed by atoms with Crippen LogP contribution < -0.4 is 5.32 Å². The highest BCUT2D eigenvalue weighted by atomic mass is 16.4. The molecule has 1 aliphatic rings. The van der Waals surface area contributed by atoms with Gasteiger partial charge < -0.3 is 10.4 Å². The van der Waals surface area contributed by atoms with Crippen LogP contribution in [-0.2, 0) is 10.3 Å². The zero-order valence-electron chi connectivity index (χ0n) is 11.1. The second kappa shape index (κ2) is 4.53. The molecular formula is C17H15NO2. The van der Waals surface area contributed by atoms with Crippen LogP contribution in [0.25, 0.3) is 5.57 Å². The number of hydrogen-bond acceptors (Lipinski definition) is 2. The summed E-state index contributed by atoms with van der Waals surface area (Å²) in [7, 11) is 0. The summed E-state index contributed by atoms with van der Waals surface area (Å²) in [6, 6.07) is 17.3. The first-order chi connectivity index (χ1) is 9.60. The largest absolute Gasteiger partial charge is 0.478 e. The monoisotopic (exact) mass is 265 g/mol. The quantitative estimate of drug-likeness (QED) is 0.873. The summed E-state index contributed by atoms with van der Waals surface area (Å²) in [6.07, 6.45) is 1.78. The first-order valence-electron chi connectivity index (χ1n) is 6.49. The lowest BCUT2D eigenvalue weighted by molar-refractivity contribution is -0.130. The number of carboxylic acid groups (broad SMARTS) is 1. The van der Waals surface area contributed by atoms with Crippen LogP contribution in [0.1, 0.15) is 18.1 Å². The van der Waals surface area contributed by atoms with E-state index in [1.54, 1.807) is 6.08 Å². The maximum absolute atomic E-state index is 11.5. The molecule has 3 nitrogen and oxygen atoms in total. The molecule has 0 saturated carbocycles. The molecule has 3 rings (SSSR count). The molecule has 20 heavy (non-hydrogen) atoms. The maximum Gasteiger partial charge on any atom is 0.336 e. The molecule has 100 valence electrons. The Labute approximate surface area is 117 Å². The van der Waals surface area contributed by atoms with E-state index in [2.05, 4.69) is 5.32 Å². The predicted octanol–water partition coefficient (Wildman–Crippen LogP) is 3.50. The third-order valence-electron chi connectivity index (χ3n) is 3.65. The minimum Gasteiger partial charge on any atom is -0.478 e. The molecule has 1 aliphatic heterocycles. The normalized spacial score (nSPS) is 20.6. The molecule has 0 aliphatic carbocycles. The Hall–Kier alpha value is -2.55. The molecule has 2 aromatic carbocycles. The number of anilines is 1. The molecule has 2 N–H and O–H groups in total. The summed E-state index contributed by atoms with van der Waals surface area (Å²) < 4.78 is 0. The number of nitrogens with one attached hydrogen (secondary N) is 1. The zero-order chi connectivity index (χ0) is 14.2. The van der Waals surface area contributed by atoms with E-state index in [0.29, 0.717) is 5.57 Å². The van der Waals surface area contributed by atoms with Crippen LogP contribution in [0, 0.1) is 0 Å². The molecule has 1 unspecified atom stereocenters. The number of hydrogen-bond donors (Lipinski definition) is 2. The van der Waals surface area contributed by atoms with Gasteiger partial charge in [-0.3, -0.25) is 0 Å². The second-order valence-corrected chi connectivity index (χ2v) is 5.10. The third-order valence-corrected chi connectivity index (χ3v) is 3.65. The first-order valence-corrected chi connectivity index (χ1v) is 6.49. The Morgan fingerprint density at radius 3 is 2.40 bits per heavy atom. The van der Waals surface area contributed by atoms with Crippen molar-refractivity contribution in [1.82, 2.24) is 0 Å². The summed E-state index contributed by atoms with van der Waals surface area (Å²) >= 11 is 0. The second-order valence-electron chi connectivity index (χ2n) is 5.10. The van der Waals surface area contributed by atoms with E-state index in [0.717, 1.165) is 16.8 Å². The van der Waals surface area contributed by atoms with Gasteiger partial charge in [-0.2, -0.15) is 0 Å². The van der Waals surface area contributed by atoms with Crippen LogP contribution in [0.15, 0.2) is 60.7 Å². The van der Waals surface area contributed by atoms with Crippen LogP contribution >= 0.6 is 0 Å². The lowest BCUT2D eigenvalue weighted by Crippen LogP contribution is -2.33. The van der Waals surface area contributed by atoms with Gasteiger partial charge in [0.2, 0.25) is 0 Å². The summed E-state index contributed by atoms with van der Waals surface area (Å²) in [6.45, 7) is 1.99. The standard InChI is InChI=1S/C17H15NO2/c1-17(12-7-3-2-4-8-12)11-14(16(19)20)13-9-5-6-10-15(13)18-17/h2-11,18H,1H3,(H,19,20). The van der Waals surface area contributed by atoms with Gasteiger partial charge in [0.1, 0.15) is 0 Å². The van der Waals surface area contributed by atoms with E-state index in [1.807, 2.05) is 61.5 Å². The molecule has 0 fully saturated rings. The van der Waals surface area contributed by atoms with Gasteiger partial charge in [-0.05, 0) is 24.6 Å². The average Bonchev–Trinajstić information content (AvgIpc) is 2.47. The smallest absolute Gasteiger partial charge is 0.336 e. The van der Waals surface area contributed by atoms with Crippen molar-refractivity contribution in [3.05, 3.63) is 71.8 Å². The van der Waals surface area contributed by atoms with Gasteiger partial charge in [0, 0.05) is 11.3 Å². The summed E-state index contributed by atoms with van der Waals surface area (Å²) in [5.41, 5.74) is 2.43. The van der Waals surface area contributed by atoms with E-state index in [9.17, 15) is 9.90 Å². The molecule has 2 aromatic rings. The molecule has 0 amide bonds. The Morgan fingerprint density at radius 1 is 1.05 bits per heavy atom. The number of aliphatic carboxylic acids is 1. The van der Waals surface area contributed by atoms with Crippen molar-refractivity contribution in [3.8, 4) is 0 Å². The van der Waals surface area contributed by atoms with Crippen LogP contribution in [0.3, 0.4) is 0 Å². The fourth-order valence-electron chi connectivity index (χ4n) is 2.63. The number of carboxylic acids is 1. The van der Waals surface area contributed by atoms with Crippen molar-refractivity contribution in [2.24, 2.45) is 0 Å². The molecule has 1 atom stereocenters. The number of benzene rings is 2. The number of fused-ring (bicyclic) bond motifs is 1. The lowest BCUT2D eigenvalue weighted by Gasteiger charge is -2.35. The summed E-state index contributed by atoms with van der Waals surface area (Å²) in [5, 5.41) is 12.9. The van der Waals surface area contributed by atoms with Crippen molar-refractivity contribution in [3.63, 3.8) is 0 Å². The molecule has 1 heterocycles. The molecular weight excluding hydrogens is 250 g/mol. The minimum atomic E-state index is -0.902. The van der Waals surface area contributed by atoms with Gasteiger partial charge in [-0.1, -0.05) is 48.5 Å². The molecule has 0 spiro atoms. The molecule has 3 heteroatoms. The minimum absolute atomic E-state index is 0.339. The summed E-state index contributed by atoms with van der Waals surface area (Å²) in [5.74, 6) is -0.902. The van der Waals surface area contributed by atoms with Gasteiger partial charge in [-0.15, -0.1) is 0 Å². The first kappa shape index (κ1) is 12.5. The molecule has 0 radical (unpaired) electrons. The van der Waals surface area contributed by atoms with Crippen molar-refractivity contribution < 1.29 is 9.90 Å². The van der Waals surface area contributed by atoms with Crippen molar-refractivity contribution in [2.45, 2.75) is 12.5 Å². The Morgan fingerprint density at radius 2 is 1.70 bits per heavy atom. The van der Waals surface area contributed by atoms with E-state index in [-0.39, 0.29) is 0 Å². The SMILES string of the molecule is CC1(c2ccccc2)C=C(C(=O)O)c2ccccc2N1. The number of carbonyl (C=O) groups is 1. The van der Waals surface area contributed by atoms with Gasteiger partial charge in [-0.25, -0.2) is 4.79 Å². The van der Waals surface area contributed by atoms with Crippen molar-refractivity contribution in [2.75, 3.05) is 5.32 Å². The zero-order valence-corrected chi connectivity index (χ0v) is 11.1. The number of para-hydroxylation sites is 1. The van der Waals surface area contributed by atoms with Crippen LogP contribution in [0.4, 0.5) is 5.69 Å². The van der Waals surface area contributed by atoms with E-state index < -0.39 is 11.5 Å². The van der Waals surface area contributed by atoms with Crippen molar-refractivity contribution >= 4 is 17.2 Å². The van der Waals surface area contributed by atoms with Gasteiger partial charge in [0.05, 0.1) is 11.1 Å². The fraction of sp³-hybridized carbons (Fsp3) is 0.118. The highest BCUT2D eigenvalue weighted by molar-refractivity contribution is 6.18. The molecule has 0 bridgehead atoms. The van der Waals surface area contributed by atoms with E-state index >= 15 is 0 Å². The highest BCUT2D eigenvalue weighted by Crippen LogP contribution is 2.38. The van der Waals surface area contributed by atoms with Gasteiger partial charge in [0.25, 0.3) is 0 Å².